The van der Waals surface area contributed by atoms with Gasteiger partial charge in [-0.15, -0.1) is 0 Å². The van der Waals surface area contributed by atoms with Gasteiger partial charge >= 0.3 is 0 Å². The van der Waals surface area contributed by atoms with Gasteiger partial charge in [-0.25, -0.2) is 0 Å². The van der Waals surface area contributed by atoms with E-state index in [1.807, 2.05) is 19.1 Å². The zero-order valence-electron chi connectivity index (χ0n) is 8.18. The highest BCUT2D eigenvalue weighted by atomic mass is 16.7. The van der Waals surface area contributed by atoms with Crippen molar-refractivity contribution in [1.82, 2.24) is 10.0 Å². The topological polar surface area (TPSA) is 45.6 Å². The van der Waals surface area contributed by atoms with Crippen LogP contribution in [0.5, 0.6) is 0 Å². The zero-order chi connectivity index (χ0) is 9.97. The molecule has 0 spiro atoms. The highest BCUT2D eigenvalue weighted by Gasteiger charge is 2.21. The maximum absolute atomic E-state index is 9.26. The normalized spacial score (nSPS) is 22.9. The van der Waals surface area contributed by atoms with Crippen LogP contribution in [0.25, 0.3) is 0 Å². The smallest absolute Gasteiger partial charge is 0.0958 e. The summed E-state index contributed by atoms with van der Waals surface area (Å²) in [4.78, 5) is 9.48. The lowest BCUT2D eigenvalue weighted by atomic mass is 10.2. The molecule has 1 atom stereocenters. The van der Waals surface area contributed by atoms with Gasteiger partial charge in [0.25, 0.3) is 0 Å². The Bertz CT molecular complexity index is 317. The molecule has 2 rings (SSSR count). The van der Waals surface area contributed by atoms with Gasteiger partial charge in [0.2, 0.25) is 0 Å². The molecule has 1 aromatic heterocycles. The van der Waals surface area contributed by atoms with Gasteiger partial charge in [0.05, 0.1) is 25.8 Å². The number of hydroxylamine groups is 2. The van der Waals surface area contributed by atoms with Gasteiger partial charge in [-0.2, -0.15) is 5.06 Å². The number of hydrogen-bond acceptors (Lipinski definition) is 4. The zero-order valence-corrected chi connectivity index (χ0v) is 8.18. The molecule has 0 saturated carbocycles. The minimum Gasteiger partial charge on any atom is -0.389 e. The number of nitrogens with zero attached hydrogens (tertiary/aromatic N) is 2. The van der Waals surface area contributed by atoms with Crippen molar-refractivity contribution in [1.29, 1.82) is 0 Å². The Morgan fingerprint density at radius 3 is 3.21 bits per heavy atom. The van der Waals surface area contributed by atoms with Crippen LogP contribution in [0.15, 0.2) is 18.3 Å². The van der Waals surface area contributed by atoms with Crippen molar-refractivity contribution >= 4 is 0 Å². The van der Waals surface area contributed by atoms with E-state index >= 15 is 0 Å². The highest BCUT2D eigenvalue weighted by Crippen LogP contribution is 2.12. The summed E-state index contributed by atoms with van der Waals surface area (Å²) in [6, 6.07) is 3.94. The van der Waals surface area contributed by atoms with Crippen LogP contribution in [0, 0.1) is 6.92 Å². The molecule has 1 saturated heterocycles. The maximum atomic E-state index is 9.26. The van der Waals surface area contributed by atoms with Gasteiger partial charge < -0.3 is 5.11 Å². The van der Waals surface area contributed by atoms with Crippen LogP contribution in [-0.4, -0.2) is 34.4 Å². The number of hydrogen-bond donors (Lipinski definition) is 1. The van der Waals surface area contributed by atoms with Crippen molar-refractivity contribution in [3.05, 3.63) is 29.6 Å². The van der Waals surface area contributed by atoms with Crippen molar-refractivity contribution in [2.45, 2.75) is 19.6 Å². The van der Waals surface area contributed by atoms with Crippen molar-refractivity contribution in [2.75, 3.05) is 13.2 Å². The largest absolute Gasteiger partial charge is 0.389 e. The number of β-amino-alcohol motifs (C(OH)–C–C–N with tert-alkyl or cyclic N) is 1. The molecule has 1 aromatic rings. The quantitative estimate of drug-likeness (QED) is 0.744. The second-order valence-electron chi connectivity index (χ2n) is 3.52. The molecule has 0 aliphatic carbocycles. The van der Waals surface area contributed by atoms with Crippen molar-refractivity contribution in [3.8, 4) is 0 Å². The molecule has 1 fully saturated rings. The Morgan fingerprint density at radius 2 is 2.57 bits per heavy atom. The fraction of sp³-hybridized carbons (Fsp3) is 0.500. The summed E-state index contributed by atoms with van der Waals surface area (Å²) in [7, 11) is 0. The Labute approximate surface area is 83.1 Å². The van der Waals surface area contributed by atoms with Crippen LogP contribution in [0.1, 0.15) is 11.3 Å². The molecule has 14 heavy (non-hydrogen) atoms. The summed E-state index contributed by atoms with van der Waals surface area (Å²) in [5, 5.41) is 11.0. The van der Waals surface area contributed by atoms with Crippen LogP contribution >= 0.6 is 0 Å². The lowest BCUT2D eigenvalue weighted by Crippen LogP contribution is -2.21. The van der Waals surface area contributed by atoms with Crippen LogP contribution in [0.4, 0.5) is 0 Å². The number of aryl methyl sites for hydroxylation is 1. The molecule has 0 amide bonds. The number of aromatic nitrogens is 1. The summed E-state index contributed by atoms with van der Waals surface area (Å²) in [5.74, 6) is 0. The first-order chi connectivity index (χ1) is 6.75. The lowest BCUT2D eigenvalue weighted by Gasteiger charge is -2.14. The van der Waals surface area contributed by atoms with E-state index in [9.17, 15) is 5.11 Å². The molecule has 76 valence electrons. The van der Waals surface area contributed by atoms with Gasteiger partial charge in [0, 0.05) is 11.9 Å². The van der Waals surface area contributed by atoms with E-state index in [1.54, 1.807) is 11.3 Å². The average Bonchev–Trinajstić information content (AvgIpc) is 2.56. The van der Waals surface area contributed by atoms with E-state index in [-0.39, 0.29) is 6.10 Å². The van der Waals surface area contributed by atoms with E-state index in [1.165, 1.54) is 0 Å². The average molecular weight is 194 g/mol. The van der Waals surface area contributed by atoms with E-state index < -0.39 is 0 Å². The minimum absolute atomic E-state index is 0.355. The Kier molecular flexibility index (Phi) is 2.77. The van der Waals surface area contributed by atoms with Crippen molar-refractivity contribution in [2.24, 2.45) is 0 Å². The SMILES string of the molecule is Cc1ncccc1CN1C[C@@H](O)CO1. The molecule has 0 bridgehead atoms. The first-order valence-corrected chi connectivity index (χ1v) is 4.72. The number of aliphatic hydroxyl groups is 1. The second kappa shape index (κ2) is 4.04. The predicted molar refractivity (Wildman–Crippen MR) is 51.3 cm³/mol. The van der Waals surface area contributed by atoms with Gasteiger partial charge in [0.15, 0.2) is 0 Å². The fourth-order valence-electron chi connectivity index (χ4n) is 1.52. The van der Waals surface area contributed by atoms with Gasteiger partial charge in [0.1, 0.15) is 0 Å². The van der Waals surface area contributed by atoms with E-state index in [0.717, 1.165) is 11.3 Å². The summed E-state index contributed by atoms with van der Waals surface area (Å²) >= 11 is 0. The molecular formula is C10H14N2O2. The van der Waals surface area contributed by atoms with E-state index in [0.29, 0.717) is 19.7 Å². The Morgan fingerprint density at radius 1 is 1.71 bits per heavy atom. The molecule has 0 unspecified atom stereocenters. The van der Waals surface area contributed by atoms with Gasteiger partial charge in [-0.3, -0.25) is 9.82 Å². The number of aliphatic hydroxyl groups excluding tert-OH is 1. The Balaban J connectivity index is 2.01. The number of pyridine rings is 1. The van der Waals surface area contributed by atoms with Crippen molar-refractivity contribution < 1.29 is 9.94 Å². The first kappa shape index (κ1) is 9.58. The molecule has 4 heteroatoms. The lowest BCUT2D eigenvalue weighted by molar-refractivity contribution is -0.118. The van der Waals surface area contributed by atoms with Gasteiger partial charge in [-0.05, 0) is 18.6 Å². The summed E-state index contributed by atoms with van der Waals surface area (Å²) in [6.07, 6.45) is 1.42. The van der Waals surface area contributed by atoms with Crippen LogP contribution in [-0.2, 0) is 11.4 Å². The van der Waals surface area contributed by atoms with Crippen LogP contribution < -0.4 is 0 Å². The minimum atomic E-state index is -0.355. The molecule has 2 heterocycles. The van der Waals surface area contributed by atoms with Gasteiger partial charge in [-0.1, -0.05) is 6.07 Å². The number of rotatable bonds is 2. The van der Waals surface area contributed by atoms with E-state index in [4.69, 9.17) is 4.84 Å². The third-order valence-electron chi connectivity index (χ3n) is 2.33. The predicted octanol–water partition coefficient (Wildman–Crippen LogP) is 0.498. The molecule has 4 nitrogen and oxygen atoms in total. The summed E-state index contributed by atoms with van der Waals surface area (Å²) in [6.45, 7) is 3.65. The summed E-state index contributed by atoms with van der Waals surface area (Å²) in [5.41, 5.74) is 2.15. The molecular weight excluding hydrogens is 180 g/mol. The van der Waals surface area contributed by atoms with Crippen LogP contribution in [0.3, 0.4) is 0 Å². The third-order valence-corrected chi connectivity index (χ3v) is 2.33. The monoisotopic (exact) mass is 194 g/mol. The third kappa shape index (κ3) is 2.09. The summed E-state index contributed by atoms with van der Waals surface area (Å²) < 4.78 is 0. The molecule has 0 radical (unpaired) electrons. The molecule has 0 aromatic carbocycles. The maximum Gasteiger partial charge on any atom is 0.0958 e. The van der Waals surface area contributed by atoms with Crippen molar-refractivity contribution in [3.63, 3.8) is 0 Å². The van der Waals surface area contributed by atoms with E-state index in [2.05, 4.69) is 4.98 Å². The Hall–Kier alpha value is -0.970. The first-order valence-electron chi connectivity index (χ1n) is 4.72. The fourth-order valence-corrected chi connectivity index (χ4v) is 1.52. The molecule has 1 aliphatic rings. The standard InChI is InChI=1S/C10H14N2O2/c1-8-9(3-2-4-11-8)5-12-6-10(13)7-14-12/h2-4,10,13H,5-7H2,1H3/t10-/m1/s1. The highest BCUT2D eigenvalue weighted by molar-refractivity contribution is 5.17. The molecule has 1 N–H and O–H groups in total. The van der Waals surface area contributed by atoms with Crippen LogP contribution in [0.2, 0.25) is 0 Å². The second-order valence-corrected chi connectivity index (χ2v) is 3.52. The molecule has 1 aliphatic heterocycles.